The van der Waals surface area contributed by atoms with Crippen molar-refractivity contribution in [3.05, 3.63) is 28.7 Å². The van der Waals surface area contributed by atoms with Crippen molar-refractivity contribution in [3.8, 4) is 0 Å². The third-order valence-corrected chi connectivity index (χ3v) is 5.01. The van der Waals surface area contributed by atoms with Crippen LogP contribution in [-0.4, -0.2) is 35.7 Å². The number of hydrogen-bond donors (Lipinski definition) is 2. The quantitative estimate of drug-likeness (QED) is 0.562. The average Bonchev–Trinajstić information content (AvgIpc) is 2.54. The Labute approximate surface area is 148 Å². The maximum atomic E-state index is 5.34. The van der Waals surface area contributed by atoms with E-state index >= 15 is 0 Å². The molecule has 1 heterocycles. The van der Waals surface area contributed by atoms with Crippen molar-refractivity contribution in [1.82, 2.24) is 10.2 Å². The molecule has 1 aliphatic rings. The number of nitrogens with zero attached hydrogens (tertiary/aromatic N) is 1. The molecule has 1 aromatic carbocycles. The molecule has 1 fully saturated rings. The van der Waals surface area contributed by atoms with E-state index in [9.17, 15) is 0 Å². The van der Waals surface area contributed by atoms with E-state index in [0.29, 0.717) is 5.11 Å². The highest BCUT2D eigenvalue weighted by Crippen LogP contribution is 2.19. The second kappa shape index (κ2) is 9.48. The summed E-state index contributed by atoms with van der Waals surface area (Å²) in [6.45, 7) is 5.67. The number of halogens is 1. The van der Waals surface area contributed by atoms with Crippen LogP contribution in [0.5, 0.6) is 0 Å². The first-order chi connectivity index (χ1) is 10.7. The summed E-state index contributed by atoms with van der Waals surface area (Å²) in [5.74, 6) is 0. The maximum Gasteiger partial charge on any atom is 0.170 e. The van der Waals surface area contributed by atoms with Crippen LogP contribution in [0.1, 0.15) is 39.0 Å². The predicted molar refractivity (Wildman–Crippen MR) is 102 cm³/mol. The van der Waals surface area contributed by atoms with Crippen molar-refractivity contribution in [2.24, 2.45) is 0 Å². The van der Waals surface area contributed by atoms with Gasteiger partial charge in [0.25, 0.3) is 0 Å². The second-order valence-electron chi connectivity index (χ2n) is 5.84. The zero-order valence-electron chi connectivity index (χ0n) is 13.3. The summed E-state index contributed by atoms with van der Waals surface area (Å²) in [5.41, 5.74) is 1.02. The van der Waals surface area contributed by atoms with Crippen LogP contribution in [0.4, 0.5) is 5.69 Å². The van der Waals surface area contributed by atoms with Crippen LogP contribution in [0, 0.1) is 0 Å². The van der Waals surface area contributed by atoms with Crippen molar-refractivity contribution in [3.63, 3.8) is 0 Å². The smallest absolute Gasteiger partial charge is 0.170 e. The number of hydrogen-bond acceptors (Lipinski definition) is 2. The zero-order valence-corrected chi connectivity index (χ0v) is 15.7. The minimum atomic E-state index is 0.702. The Morgan fingerprint density at radius 3 is 2.82 bits per heavy atom. The molecule has 1 unspecified atom stereocenters. The number of nitrogens with one attached hydrogen (secondary N) is 2. The van der Waals surface area contributed by atoms with Gasteiger partial charge in [-0.15, -0.1) is 0 Å². The molecule has 0 bridgehead atoms. The second-order valence-corrected chi connectivity index (χ2v) is 7.16. The Balaban J connectivity index is 1.63. The first-order valence-electron chi connectivity index (χ1n) is 8.23. The topological polar surface area (TPSA) is 27.3 Å². The SMILES string of the molecule is CCC1CCCCN1CCCNC(=S)Nc1ccc(Br)cc1. The average molecular weight is 384 g/mol. The Bertz CT molecular complexity index is 463. The normalized spacial score (nSPS) is 18.9. The van der Waals surface area contributed by atoms with E-state index in [1.165, 1.54) is 38.8 Å². The van der Waals surface area contributed by atoms with Crippen LogP contribution in [0.15, 0.2) is 28.7 Å². The Kier molecular flexibility index (Phi) is 7.63. The Morgan fingerprint density at radius 2 is 2.09 bits per heavy atom. The minimum Gasteiger partial charge on any atom is -0.362 e. The summed E-state index contributed by atoms with van der Waals surface area (Å²) < 4.78 is 1.07. The van der Waals surface area contributed by atoms with Gasteiger partial charge in [0.1, 0.15) is 0 Å². The molecule has 1 aliphatic heterocycles. The summed E-state index contributed by atoms with van der Waals surface area (Å²) >= 11 is 8.77. The van der Waals surface area contributed by atoms with Gasteiger partial charge in [-0.1, -0.05) is 29.3 Å². The van der Waals surface area contributed by atoms with Crippen molar-refractivity contribution < 1.29 is 0 Å². The van der Waals surface area contributed by atoms with Gasteiger partial charge in [0.05, 0.1) is 0 Å². The van der Waals surface area contributed by atoms with Gasteiger partial charge < -0.3 is 15.5 Å². The van der Waals surface area contributed by atoms with E-state index in [0.717, 1.165) is 29.2 Å². The van der Waals surface area contributed by atoms with E-state index in [1.807, 2.05) is 24.3 Å². The van der Waals surface area contributed by atoms with Gasteiger partial charge in [0, 0.05) is 29.3 Å². The zero-order chi connectivity index (χ0) is 15.8. The third-order valence-electron chi connectivity index (χ3n) is 4.23. The molecule has 1 atom stereocenters. The molecule has 0 spiro atoms. The first-order valence-corrected chi connectivity index (χ1v) is 9.43. The van der Waals surface area contributed by atoms with Gasteiger partial charge in [-0.25, -0.2) is 0 Å². The van der Waals surface area contributed by atoms with Crippen molar-refractivity contribution in [1.29, 1.82) is 0 Å². The van der Waals surface area contributed by atoms with Gasteiger partial charge in [0.15, 0.2) is 5.11 Å². The van der Waals surface area contributed by atoms with E-state index in [4.69, 9.17) is 12.2 Å². The highest BCUT2D eigenvalue weighted by atomic mass is 79.9. The highest BCUT2D eigenvalue weighted by Gasteiger charge is 2.19. The number of piperidine rings is 1. The van der Waals surface area contributed by atoms with E-state index in [-0.39, 0.29) is 0 Å². The summed E-state index contributed by atoms with van der Waals surface area (Å²) in [5, 5.41) is 7.22. The van der Waals surface area contributed by atoms with Gasteiger partial charge in [0.2, 0.25) is 0 Å². The molecule has 122 valence electrons. The molecule has 2 rings (SSSR count). The largest absolute Gasteiger partial charge is 0.362 e. The fraction of sp³-hybridized carbons (Fsp3) is 0.588. The fourth-order valence-corrected chi connectivity index (χ4v) is 3.49. The number of likely N-dealkylation sites (tertiary alicyclic amines) is 1. The van der Waals surface area contributed by atoms with Crippen LogP contribution in [-0.2, 0) is 0 Å². The van der Waals surface area contributed by atoms with Crippen molar-refractivity contribution in [2.75, 3.05) is 25.0 Å². The lowest BCUT2D eigenvalue weighted by Gasteiger charge is -2.35. The standard InChI is InChI=1S/C17H26BrN3S/c1-2-16-6-3-4-12-21(16)13-5-11-19-17(22)20-15-9-7-14(18)8-10-15/h7-10,16H,2-6,11-13H2,1H3,(H2,19,20,22). The lowest BCUT2D eigenvalue weighted by Crippen LogP contribution is -2.40. The maximum absolute atomic E-state index is 5.34. The van der Waals surface area contributed by atoms with Gasteiger partial charge in [-0.05, 0) is 68.7 Å². The van der Waals surface area contributed by atoms with Gasteiger partial charge in [-0.3, -0.25) is 0 Å². The predicted octanol–water partition coefficient (Wildman–Crippen LogP) is 4.39. The molecule has 1 saturated heterocycles. The molecule has 0 radical (unpaired) electrons. The molecule has 0 saturated carbocycles. The lowest BCUT2D eigenvalue weighted by molar-refractivity contribution is 0.143. The molecular formula is C17H26BrN3S. The molecule has 1 aromatic rings. The van der Waals surface area contributed by atoms with Crippen LogP contribution in [0.2, 0.25) is 0 Å². The van der Waals surface area contributed by atoms with Crippen LogP contribution in [0.3, 0.4) is 0 Å². The monoisotopic (exact) mass is 383 g/mol. The summed E-state index contributed by atoms with van der Waals surface area (Å²) in [6.07, 6.45) is 6.53. The summed E-state index contributed by atoms with van der Waals surface area (Å²) in [7, 11) is 0. The van der Waals surface area contributed by atoms with E-state index < -0.39 is 0 Å². The van der Waals surface area contributed by atoms with Crippen molar-refractivity contribution >= 4 is 38.9 Å². The van der Waals surface area contributed by atoms with Crippen molar-refractivity contribution in [2.45, 2.75) is 45.1 Å². The molecule has 22 heavy (non-hydrogen) atoms. The number of anilines is 1. The molecular weight excluding hydrogens is 358 g/mol. The number of thiocarbonyl (C=S) groups is 1. The van der Waals surface area contributed by atoms with Crippen LogP contribution >= 0.6 is 28.1 Å². The fourth-order valence-electron chi connectivity index (χ4n) is 3.01. The lowest BCUT2D eigenvalue weighted by atomic mass is 10.00. The molecule has 2 N–H and O–H groups in total. The van der Waals surface area contributed by atoms with E-state index in [1.54, 1.807) is 0 Å². The van der Waals surface area contributed by atoms with Crippen LogP contribution in [0.25, 0.3) is 0 Å². The number of benzene rings is 1. The minimum absolute atomic E-state index is 0.702. The molecule has 5 heteroatoms. The first kappa shape index (κ1) is 17.7. The summed E-state index contributed by atoms with van der Waals surface area (Å²) in [4.78, 5) is 2.65. The molecule has 0 aromatic heterocycles. The van der Waals surface area contributed by atoms with E-state index in [2.05, 4.69) is 38.4 Å². The molecule has 0 aliphatic carbocycles. The Hall–Kier alpha value is -0.650. The van der Waals surface area contributed by atoms with Gasteiger partial charge in [-0.2, -0.15) is 0 Å². The third kappa shape index (κ3) is 5.86. The van der Waals surface area contributed by atoms with Crippen LogP contribution < -0.4 is 10.6 Å². The molecule has 0 amide bonds. The van der Waals surface area contributed by atoms with Gasteiger partial charge >= 0.3 is 0 Å². The molecule has 3 nitrogen and oxygen atoms in total. The Morgan fingerprint density at radius 1 is 1.32 bits per heavy atom. The number of rotatable bonds is 6. The summed E-state index contributed by atoms with van der Waals surface area (Å²) in [6, 6.07) is 8.83. The highest BCUT2D eigenvalue weighted by molar-refractivity contribution is 9.10.